The fourth-order valence-corrected chi connectivity index (χ4v) is 4.83. The van der Waals surface area contributed by atoms with Crippen molar-refractivity contribution in [1.29, 1.82) is 0 Å². The standard InChI is InChI=1S/C25H44O8/c1-10-17(27-5)16(4)20-21(32-20)18(26)14(2)12-11-13-15(3)19-22(28-6)23(29-7)24(30-8)25(31-9)33-19/h11-14,16-26H,10H2,1-9H3/b12-11+,15-13+/t14-,16-,17+,18-,19+,20+,21+,22-,23+,24-,25+/m1/s1. The number of epoxide rings is 1. The maximum Gasteiger partial charge on any atom is 0.186 e. The van der Waals surface area contributed by atoms with Crippen LogP contribution in [0.3, 0.4) is 0 Å². The molecule has 2 aliphatic heterocycles. The van der Waals surface area contributed by atoms with Crippen LogP contribution in [0.5, 0.6) is 0 Å². The van der Waals surface area contributed by atoms with Gasteiger partial charge in [0.25, 0.3) is 0 Å². The molecule has 33 heavy (non-hydrogen) atoms. The molecule has 2 heterocycles. The van der Waals surface area contributed by atoms with Crippen LogP contribution in [0.1, 0.15) is 34.1 Å². The van der Waals surface area contributed by atoms with Gasteiger partial charge in [-0.2, -0.15) is 0 Å². The van der Waals surface area contributed by atoms with E-state index in [4.69, 9.17) is 33.2 Å². The molecule has 2 saturated heterocycles. The van der Waals surface area contributed by atoms with Crippen molar-refractivity contribution in [2.45, 2.75) is 89.2 Å². The van der Waals surface area contributed by atoms with E-state index in [1.54, 1.807) is 35.5 Å². The molecule has 0 aromatic carbocycles. The van der Waals surface area contributed by atoms with E-state index in [2.05, 4.69) is 13.8 Å². The molecule has 0 unspecified atom stereocenters. The average Bonchev–Trinajstić information content (AvgIpc) is 3.63. The monoisotopic (exact) mass is 472 g/mol. The molecule has 192 valence electrons. The quantitative estimate of drug-likeness (QED) is 0.323. The second kappa shape index (κ2) is 13.3. The number of aliphatic hydroxyl groups is 1. The number of ether oxygens (including phenoxy) is 7. The van der Waals surface area contributed by atoms with Gasteiger partial charge in [-0.1, -0.05) is 39.0 Å². The van der Waals surface area contributed by atoms with Gasteiger partial charge in [0.2, 0.25) is 0 Å². The summed E-state index contributed by atoms with van der Waals surface area (Å²) in [4.78, 5) is 0. The van der Waals surface area contributed by atoms with E-state index >= 15 is 0 Å². The number of hydrogen-bond acceptors (Lipinski definition) is 8. The van der Waals surface area contributed by atoms with Crippen molar-refractivity contribution < 1.29 is 38.3 Å². The highest BCUT2D eigenvalue weighted by molar-refractivity contribution is 5.19. The normalized spacial score (nSPS) is 36.5. The lowest BCUT2D eigenvalue weighted by Crippen LogP contribution is -2.60. The number of rotatable bonds is 13. The zero-order chi connectivity index (χ0) is 24.7. The molecular weight excluding hydrogens is 428 g/mol. The Morgan fingerprint density at radius 3 is 2.06 bits per heavy atom. The predicted molar refractivity (Wildman–Crippen MR) is 125 cm³/mol. The lowest BCUT2D eigenvalue weighted by Gasteiger charge is -2.44. The highest BCUT2D eigenvalue weighted by Crippen LogP contribution is 2.37. The van der Waals surface area contributed by atoms with Crippen LogP contribution in [-0.4, -0.2) is 95.8 Å². The summed E-state index contributed by atoms with van der Waals surface area (Å²) < 4.78 is 39.9. The Morgan fingerprint density at radius 2 is 1.55 bits per heavy atom. The van der Waals surface area contributed by atoms with Gasteiger partial charge in [-0.15, -0.1) is 0 Å². The van der Waals surface area contributed by atoms with Crippen LogP contribution >= 0.6 is 0 Å². The molecule has 0 aromatic rings. The SMILES string of the molecule is CC[C@H](OC)[C@@H](C)[C@@H]1O[C@H]1[C@H](O)[C@H](C)/C=C/C=C(\C)[C@@H]1O[C@H](OC)[C@H](OC)[C@@H](OC)[C@@H]1OC. The lowest BCUT2D eigenvalue weighted by atomic mass is 9.91. The molecule has 0 spiro atoms. The zero-order valence-corrected chi connectivity index (χ0v) is 21.6. The minimum absolute atomic E-state index is 0.0295. The number of aliphatic hydroxyl groups excluding tert-OH is 1. The molecular formula is C25H44O8. The molecule has 2 aliphatic rings. The van der Waals surface area contributed by atoms with E-state index in [1.807, 2.05) is 32.1 Å². The highest BCUT2D eigenvalue weighted by Gasteiger charge is 2.50. The number of hydrogen-bond donors (Lipinski definition) is 1. The van der Waals surface area contributed by atoms with Crippen LogP contribution in [-0.2, 0) is 33.2 Å². The lowest BCUT2D eigenvalue weighted by molar-refractivity contribution is -0.295. The second-order valence-electron chi connectivity index (χ2n) is 9.01. The van der Waals surface area contributed by atoms with Gasteiger partial charge in [-0.25, -0.2) is 0 Å². The Kier molecular flexibility index (Phi) is 11.4. The minimum atomic E-state index is -0.576. The van der Waals surface area contributed by atoms with Crippen molar-refractivity contribution in [3.05, 3.63) is 23.8 Å². The topological polar surface area (TPSA) is 88.1 Å². The Morgan fingerprint density at radius 1 is 0.909 bits per heavy atom. The van der Waals surface area contributed by atoms with Crippen LogP contribution in [0.4, 0.5) is 0 Å². The smallest absolute Gasteiger partial charge is 0.186 e. The van der Waals surface area contributed by atoms with Gasteiger partial charge in [0, 0.05) is 47.4 Å². The summed E-state index contributed by atoms with van der Waals surface area (Å²) in [6, 6.07) is 0. The van der Waals surface area contributed by atoms with Gasteiger partial charge in [0.1, 0.15) is 30.5 Å². The molecule has 0 aliphatic carbocycles. The Labute approximate surface area is 199 Å². The molecule has 1 N–H and O–H groups in total. The van der Waals surface area contributed by atoms with Gasteiger partial charge in [-0.05, 0) is 18.9 Å². The van der Waals surface area contributed by atoms with Gasteiger partial charge in [0.15, 0.2) is 6.29 Å². The van der Waals surface area contributed by atoms with Crippen molar-refractivity contribution in [1.82, 2.24) is 0 Å². The third-order valence-corrected chi connectivity index (χ3v) is 7.01. The first-order valence-electron chi connectivity index (χ1n) is 11.8. The summed E-state index contributed by atoms with van der Waals surface area (Å²) in [6.07, 6.45) is 4.20. The zero-order valence-electron chi connectivity index (χ0n) is 21.6. The van der Waals surface area contributed by atoms with Crippen LogP contribution in [0.2, 0.25) is 0 Å². The van der Waals surface area contributed by atoms with Crippen LogP contribution < -0.4 is 0 Å². The molecule has 2 rings (SSSR count). The average molecular weight is 473 g/mol. The molecule has 8 nitrogen and oxygen atoms in total. The largest absolute Gasteiger partial charge is 0.390 e. The Hall–Kier alpha value is -0.840. The van der Waals surface area contributed by atoms with Crippen LogP contribution in [0.25, 0.3) is 0 Å². The summed E-state index contributed by atoms with van der Waals surface area (Å²) in [6.45, 7) is 8.18. The molecule has 0 saturated carbocycles. The minimum Gasteiger partial charge on any atom is -0.390 e. The summed E-state index contributed by atoms with van der Waals surface area (Å²) in [7, 11) is 8.17. The number of allylic oxidation sites excluding steroid dienone is 2. The van der Waals surface area contributed by atoms with Crippen LogP contribution in [0, 0.1) is 11.8 Å². The summed E-state index contributed by atoms with van der Waals surface area (Å²) in [5.41, 5.74) is 0.957. The van der Waals surface area contributed by atoms with Crippen molar-refractivity contribution in [2.24, 2.45) is 11.8 Å². The van der Waals surface area contributed by atoms with Crippen LogP contribution in [0.15, 0.2) is 23.8 Å². The maximum absolute atomic E-state index is 10.8. The summed E-state index contributed by atoms with van der Waals surface area (Å²) in [5.74, 6) is 0.173. The van der Waals surface area contributed by atoms with E-state index in [0.29, 0.717) is 0 Å². The first-order valence-corrected chi connectivity index (χ1v) is 11.8. The summed E-state index contributed by atoms with van der Waals surface area (Å²) >= 11 is 0. The Balaban J connectivity index is 2.02. The van der Waals surface area contributed by atoms with Crippen molar-refractivity contribution in [3.8, 4) is 0 Å². The number of methoxy groups -OCH3 is 5. The van der Waals surface area contributed by atoms with E-state index in [1.165, 1.54) is 0 Å². The van der Waals surface area contributed by atoms with Gasteiger partial charge < -0.3 is 38.3 Å². The molecule has 11 atom stereocenters. The second-order valence-corrected chi connectivity index (χ2v) is 9.01. The van der Waals surface area contributed by atoms with E-state index < -0.39 is 18.5 Å². The summed E-state index contributed by atoms with van der Waals surface area (Å²) in [5, 5.41) is 10.8. The molecule has 0 amide bonds. The van der Waals surface area contributed by atoms with Gasteiger partial charge in [-0.3, -0.25) is 0 Å². The predicted octanol–water partition coefficient (Wildman–Crippen LogP) is 2.73. The molecule has 8 heteroatoms. The molecule has 0 aromatic heterocycles. The van der Waals surface area contributed by atoms with Gasteiger partial charge >= 0.3 is 0 Å². The first-order chi connectivity index (χ1) is 15.8. The van der Waals surface area contributed by atoms with Crippen molar-refractivity contribution in [3.63, 3.8) is 0 Å². The molecule has 2 fully saturated rings. The van der Waals surface area contributed by atoms with Gasteiger partial charge in [0.05, 0.1) is 18.3 Å². The van der Waals surface area contributed by atoms with E-state index in [9.17, 15) is 5.11 Å². The molecule has 0 radical (unpaired) electrons. The maximum atomic E-state index is 10.8. The third-order valence-electron chi connectivity index (χ3n) is 7.01. The van der Waals surface area contributed by atoms with E-state index in [0.717, 1.165) is 12.0 Å². The first kappa shape index (κ1) is 28.4. The highest BCUT2D eigenvalue weighted by atomic mass is 16.7. The third kappa shape index (κ3) is 6.64. The van der Waals surface area contributed by atoms with Crippen molar-refractivity contribution >= 4 is 0 Å². The van der Waals surface area contributed by atoms with Crippen molar-refractivity contribution in [2.75, 3.05) is 35.5 Å². The Bertz CT molecular complexity index is 634. The van der Waals surface area contributed by atoms with E-state index in [-0.39, 0.29) is 48.5 Å². The molecule has 0 bridgehead atoms. The fourth-order valence-electron chi connectivity index (χ4n) is 4.83. The fraction of sp³-hybridized carbons (Fsp3) is 0.840.